The molecule has 3 N–H and O–H groups in total. The summed E-state index contributed by atoms with van der Waals surface area (Å²) in [4.78, 5) is 33.4. The first kappa shape index (κ1) is 23.4. The molecule has 5 fully saturated rings. The number of carbonyl (C=O) groups is 2. The molecule has 4 saturated carbocycles. The summed E-state index contributed by atoms with van der Waals surface area (Å²) in [7, 11) is 0. The SMILES string of the molecule is C[C@H](C(=O)NC1C2CC3CC1CC(C(N)=O)(C3)C2)N1CCN(c2ccc(C(F)(F)F)cn2)CC1. The summed E-state index contributed by atoms with van der Waals surface area (Å²) in [6, 6.07) is 2.26. The molecule has 7 nitrogen and oxygen atoms in total. The van der Waals surface area contributed by atoms with Crippen LogP contribution in [0.25, 0.3) is 0 Å². The Balaban J connectivity index is 1.15. The highest BCUT2D eigenvalue weighted by Crippen LogP contribution is 2.59. The Morgan fingerprint density at radius 2 is 1.76 bits per heavy atom. The molecule has 2 amide bonds. The lowest BCUT2D eigenvalue weighted by Crippen LogP contribution is -2.63. The molecule has 1 aromatic rings. The molecule has 4 bridgehead atoms. The van der Waals surface area contributed by atoms with Crippen LogP contribution in [0.5, 0.6) is 0 Å². The van der Waals surface area contributed by atoms with Crippen LogP contribution >= 0.6 is 0 Å². The van der Waals surface area contributed by atoms with Gasteiger partial charge in [-0.25, -0.2) is 4.98 Å². The zero-order valence-electron chi connectivity index (χ0n) is 19.4. The zero-order chi connectivity index (χ0) is 24.3. The monoisotopic (exact) mass is 479 g/mol. The van der Waals surface area contributed by atoms with Crippen molar-refractivity contribution < 1.29 is 22.8 Å². The van der Waals surface area contributed by atoms with Crippen LogP contribution in [0.2, 0.25) is 0 Å². The van der Waals surface area contributed by atoms with Crippen molar-refractivity contribution in [3.8, 4) is 0 Å². The van der Waals surface area contributed by atoms with Gasteiger partial charge in [0.15, 0.2) is 0 Å². The number of amides is 2. The number of hydrogen-bond acceptors (Lipinski definition) is 5. The second-order valence-electron chi connectivity index (χ2n) is 10.8. The lowest BCUT2D eigenvalue weighted by atomic mass is 9.47. The quantitative estimate of drug-likeness (QED) is 0.677. The molecule has 5 aliphatic rings. The fourth-order valence-electron chi connectivity index (χ4n) is 7.09. The van der Waals surface area contributed by atoms with E-state index in [1.165, 1.54) is 6.07 Å². The van der Waals surface area contributed by atoms with Crippen molar-refractivity contribution in [3.63, 3.8) is 0 Å². The van der Waals surface area contributed by atoms with Crippen molar-refractivity contribution in [3.05, 3.63) is 23.9 Å². The molecule has 34 heavy (non-hydrogen) atoms. The smallest absolute Gasteiger partial charge is 0.369 e. The maximum absolute atomic E-state index is 13.2. The molecule has 6 rings (SSSR count). The summed E-state index contributed by atoms with van der Waals surface area (Å²) in [5, 5.41) is 3.31. The lowest BCUT2D eigenvalue weighted by molar-refractivity contribution is -0.148. The third-order valence-electron chi connectivity index (χ3n) is 8.75. The first-order valence-corrected chi connectivity index (χ1v) is 12.2. The fourth-order valence-corrected chi connectivity index (χ4v) is 7.09. The van der Waals surface area contributed by atoms with Gasteiger partial charge in [0, 0.05) is 43.8 Å². The first-order valence-electron chi connectivity index (χ1n) is 12.2. The second-order valence-corrected chi connectivity index (χ2v) is 10.8. The van der Waals surface area contributed by atoms with Crippen molar-refractivity contribution in [1.82, 2.24) is 15.2 Å². The number of hydrogen-bond donors (Lipinski definition) is 2. The molecule has 0 radical (unpaired) electrons. The summed E-state index contributed by atoms with van der Waals surface area (Å²) in [6.45, 7) is 4.34. The molecule has 186 valence electrons. The summed E-state index contributed by atoms with van der Waals surface area (Å²) >= 11 is 0. The molecule has 2 unspecified atom stereocenters. The van der Waals surface area contributed by atoms with Gasteiger partial charge in [0.25, 0.3) is 0 Å². The topological polar surface area (TPSA) is 91.6 Å². The van der Waals surface area contributed by atoms with E-state index in [-0.39, 0.29) is 29.3 Å². The van der Waals surface area contributed by atoms with Crippen LogP contribution in [-0.4, -0.2) is 60.0 Å². The van der Waals surface area contributed by atoms with Gasteiger partial charge >= 0.3 is 6.18 Å². The summed E-state index contributed by atoms with van der Waals surface area (Å²) < 4.78 is 38.3. The highest BCUT2D eigenvalue weighted by atomic mass is 19.4. The third kappa shape index (κ3) is 4.14. The minimum absolute atomic E-state index is 0.00621. The number of aromatic nitrogens is 1. The van der Waals surface area contributed by atoms with Gasteiger partial charge in [-0.15, -0.1) is 0 Å². The average Bonchev–Trinajstić information content (AvgIpc) is 2.80. The number of piperazine rings is 1. The van der Waals surface area contributed by atoms with Crippen molar-refractivity contribution in [2.24, 2.45) is 28.9 Å². The summed E-state index contributed by atoms with van der Waals surface area (Å²) in [5.74, 6) is 1.52. The Kier molecular flexibility index (Phi) is 5.77. The van der Waals surface area contributed by atoms with Gasteiger partial charge in [0.05, 0.1) is 11.6 Å². The third-order valence-corrected chi connectivity index (χ3v) is 8.75. The Bertz CT molecular complexity index is 929. The van der Waals surface area contributed by atoms with Crippen LogP contribution in [0.1, 0.15) is 44.6 Å². The van der Waals surface area contributed by atoms with E-state index in [0.717, 1.165) is 44.4 Å². The highest BCUT2D eigenvalue weighted by Gasteiger charge is 2.58. The number of halogens is 3. The highest BCUT2D eigenvalue weighted by molar-refractivity contribution is 5.83. The molecule has 0 aromatic carbocycles. The maximum Gasteiger partial charge on any atom is 0.417 e. The lowest BCUT2D eigenvalue weighted by Gasteiger charge is -2.59. The van der Waals surface area contributed by atoms with E-state index >= 15 is 0 Å². The molecule has 1 aromatic heterocycles. The van der Waals surface area contributed by atoms with E-state index < -0.39 is 11.7 Å². The van der Waals surface area contributed by atoms with Gasteiger partial charge < -0.3 is 16.0 Å². The minimum atomic E-state index is -4.40. The fraction of sp³-hybridized carbons (Fsp3) is 0.708. The van der Waals surface area contributed by atoms with Crippen molar-refractivity contribution >= 4 is 17.6 Å². The van der Waals surface area contributed by atoms with E-state index in [2.05, 4.69) is 15.2 Å². The number of alkyl halides is 3. The zero-order valence-corrected chi connectivity index (χ0v) is 19.4. The molecular weight excluding hydrogens is 447 g/mol. The number of nitrogens with one attached hydrogen (secondary N) is 1. The van der Waals surface area contributed by atoms with Crippen molar-refractivity contribution in [2.45, 2.75) is 57.3 Å². The number of nitrogens with zero attached hydrogens (tertiary/aromatic N) is 3. The van der Waals surface area contributed by atoms with Gasteiger partial charge in [-0.2, -0.15) is 13.2 Å². The first-order chi connectivity index (χ1) is 16.1. The Morgan fingerprint density at radius 1 is 1.12 bits per heavy atom. The van der Waals surface area contributed by atoms with Gasteiger partial charge in [0.2, 0.25) is 11.8 Å². The van der Waals surface area contributed by atoms with Crippen LogP contribution in [0.3, 0.4) is 0 Å². The Labute approximate surface area is 197 Å². The predicted octanol–water partition coefficient (Wildman–Crippen LogP) is 2.41. The summed E-state index contributed by atoms with van der Waals surface area (Å²) in [6.07, 6.45) is 1.06. The molecule has 1 aliphatic heterocycles. The van der Waals surface area contributed by atoms with E-state index in [0.29, 0.717) is 49.8 Å². The number of nitrogens with two attached hydrogens (primary N) is 1. The Hall–Kier alpha value is -2.36. The summed E-state index contributed by atoms with van der Waals surface area (Å²) in [5.41, 5.74) is 4.65. The van der Waals surface area contributed by atoms with Crippen LogP contribution in [-0.2, 0) is 15.8 Å². The van der Waals surface area contributed by atoms with Gasteiger partial charge in [-0.3, -0.25) is 14.5 Å². The number of primary amides is 1. The van der Waals surface area contributed by atoms with Gasteiger partial charge in [0.1, 0.15) is 5.82 Å². The molecule has 0 spiro atoms. The van der Waals surface area contributed by atoms with E-state index in [4.69, 9.17) is 5.73 Å². The van der Waals surface area contributed by atoms with E-state index in [1.807, 2.05) is 11.8 Å². The number of anilines is 1. The largest absolute Gasteiger partial charge is 0.417 e. The van der Waals surface area contributed by atoms with Gasteiger partial charge in [-0.05, 0) is 68.9 Å². The molecule has 10 heteroatoms. The van der Waals surface area contributed by atoms with Crippen LogP contribution in [0.15, 0.2) is 18.3 Å². The predicted molar refractivity (Wildman–Crippen MR) is 120 cm³/mol. The molecular formula is C24H32F3N5O2. The van der Waals surface area contributed by atoms with E-state index in [9.17, 15) is 22.8 Å². The molecule has 2 heterocycles. The standard InChI is InChI=1S/C24H32F3N5O2/c1-14(31-4-6-32(7-5-31)19-3-2-18(13-29-19)24(25,26)27)21(33)30-20-16-8-15-9-17(20)12-23(10-15,11-16)22(28)34/h2-3,13-17,20H,4-12H2,1H3,(H2,28,34)(H,30,33)/t14-,15?,16?,17?,20?,23?/m1/s1. The number of carbonyl (C=O) groups excluding carboxylic acids is 2. The van der Waals surface area contributed by atoms with Gasteiger partial charge in [-0.1, -0.05) is 0 Å². The van der Waals surface area contributed by atoms with Crippen molar-refractivity contribution in [2.75, 3.05) is 31.1 Å². The minimum Gasteiger partial charge on any atom is -0.369 e. The van der Waals surface area contributed by atoms with Crippen molar-refractivity contribution in [1.29, 1.82) is 0 Å². The van der Waals surface area contributed by atoms with Crippen LogP contribution in [0.4, 0.5) is 19.0 Å². The Morgan fingerprint density at radius 3 is 2.29 bits per heavy atom. The van der Waals surface area contributed by atoms with E-state index in [1.54, 1.807) is 0 Å². The molecule has 4 aliphatic carbocycles. The average molecular weight is 480 g/mol. The molecule has 3 atom stereocenters. The second kappa shape index (κ2) is 8.39. The maximum atomic E-state index is 13.2. The normalized spacial score (nSPS) is 34.2. The van der Waals surface area contributed by atoms with Crippen LogP contribution < -0.4 is 16.0 Å². The molecule has 1 saturated heterocycles. The van der Waals surface area contributed by atoms with Crippen LogP contribution in [0, 0.1) is 23.2 Å². The number of rotatable bonds is 5. The number of pyridine rings is 1.